The van der Waals surface area contributed by atoms with Gasteiger partial charge in [-0.2, -0.15) is 0 Å². The highest BCUT2D eigenvalue weighted by atomic mass is 32.1. The molecule has 0 N–H and O–H groups in total. The predicted molar refractivity (Wildman–Crippen MR) is 72.4 cm³/mol. The van der Waals surface area contributed by atoms with Crippen LogP contribution < -0.4 is 0 Å². The number of carbonyl (C=O) groups is 2. The van der Waals surface area contributed by atoms with Crippen molar-refractivity contribution in [3.63, 3.8) is 0 Å². The summed E-state index contributed by atoms with van der Waals surface area (Å²) < 4.78 is 14.4. The normalized spacial score (nSPS) is 10.7. The topological polar surface area (TPSA) is 78.6 Å². The molecule has 0 aliphatic rings. The Labute approximate surface area is 118 Å². The molecular weight excluding hydrogens is 282 g/mol. The zero-order valence-corrected chi connectivity index (χ0v) is 11.6. The second-order valence-corrected chi connectivity index (χ2v) is 4.64. The Morgan fingerprint density at radius 3 is 2.65 bits per heavy atom. The van der Waals surface area contributed by atoms with Gasteiger partial charge in [-0.05, 0) is 24.3 Å². The molecule has 2 aromatic heterocycles. The number of hydrogen-bond acceptors (Lipinski definition) is 7. The van der Waals surface area contributed by atoms with Crippen molar-refractivity contribution < 1.29 is 23.5 Å². The van der Waals surface area contributed by atoms with Gasteiger partial charge in [-0.3, -0.25) is 0 Å². The molecule has 0 aromatic carbocycles. The summed E-state index contributed by atoms with van der Waals surface area (Å²) in [5.74, 6) is -0.346. The van der Waals surface area contributed by atoms with E-state index in [1.165, 1.54) is 37.8 Å². The number of nitrogens with zero attached hydrogens (tertiary/aromatic N) is 1. The van der Waals surface area contributed by atoms with Crippen molar-refractivity contribution in [1.29, 1.82) is 0 Å². The van der Waals surface area contributed by atoms with Crippen LogP contribution in [0.25, 0.3) is 12.2 Å². The minimum atomic E-state index is -0.535. The summed E-state index contributed by atoms with van der Waals surface area (Å²) in [6, 6.07) is 3.16. The monoisotopic (exact) mass is 293 g/mol. The summed E-state index contributed by atoms with van der Waals surface area (Å²) >= 11 is 1.20. The van der Waals surface area contributed by atoms with Crippen LogP contribution in [0.1, 0.15) is 31.0 Å². The molecule has 20 heavy (non-hydrogen) atoms. The van der Waals surface area contributed by atoms with Crippen molar-refractivity contribution in [2.24, 2.45) is 0 Å². The summed E-state index contributed by atoms with van der Waals surface area (Å²) in [5.41, 5.74) is 0. The van der Waals surface area contributed by atoms with E-state index in [9.17, 15) is 9.59 Å². The predicted octanol–water partition coefficient (Wildman–Crippen LogP) is 2.48. The minimum absolute atomic E-state index is 0.126. The van der Waals surface area contributed by atoms with Gasteiger partial charge in [0.25, 0.3) is 0 Å². The van der Waals surface area contributed by atoms with Crippen molar-refractivity contribution in [3.8, 4) is 0 Å². The number of rotatable bonds is 4. The molecule has 0 unspecified atom stereocenters. The van der Waals surface area contributed by atoms with Gasteiger partial charge in [0.2, 0.25) is 5.76 Å². The van der Waals surface area contributed by atoms with Gasteiger partial charge in [0.1, 0.15) is 15.6 Å². The Kier molecular flexibility index (Phi) is 4.31. The third-order valence-electron chi connectivity index (χ3n) is 2.31. The van der Waals surface area contributed by atoms with E-state index in [-0.39, 0.29) is 5.76 Å². The third-order valence-corrected chi connectivity index (χ3v) is 3.26. The number of hydrogen-bond donors (Lipinski definition) is 0. The van der Waals surface area contributed by atoms with Crippen LogP contribution in [0.15, 0.2) is 22.7 Å². The summed E-state index contributed by atoms with van der Waals surface area (Å²) in [7, 11) is 2.60. The van der Waals surface area contributed by atoms with Crippen LogP contribution in [-0.4, -0.2) is 31.1 Å². The second kappa shape index (κ2) is 6.16. The molecule has 0 aliphatic carbocycles. The van der Waals surface area contributed by atoms with Crippen molar-refractivity contribution in [2.75, 3.05) is 14.2 Å². The summed E-state index contributed by atoms with van der Waals surface area (Å²) in [4.78, 5) is 27.0. The van der Waals surface area contributed by atoms with Gasteiger partial charge >= 0.3 is 11.9 Å². The number of methoxy groups -OCH3 is 2. The number of carbonyl (C=O) groups excluding carboxylic acids is 2. The molecule has 6 nitrogen and oxygen atoms in total. The van der Waals surface area contributed by atoms with Gasteiger partial charge in [-0.25, -0.2) is 14.6 Å². The van der Waals surface area contributed by atoms with E-state index < -0.39 is 11.9 Å². The van der Waals surface area contributed by atoms with Gasteiger partial charge < -0.3 is 13.9 Å². The maximum atomic E-state index is 11.3. The molecule has 0 saturated carbocycles. The Morgan fingerprint density at radius 2 is 1.95 bits per heavy atom. The highest BCUT2D eigenvalue weighted by Gasteiger charge is 2.10. The van der Waals surface area contributed by atoms with Crippen LogP contribution in [0, 0.1) is 0 Å². The molecule has 0 spiro atoms. The largest absolute Gasteiger partial charge is 0.465 e. The van der Waals surface area contributed by atoms with Crippen LogP contribution in [0.2, 0.25) is 0 Å². The van der Waals surface area contributed by atoms with Crippen molar-refractivity contribution >= 4 is 35.4 Å². The number of esters is 2. The van der Waals surface area contributed by atoms with E-state index in [4.69, 9.17) is 4.42 Å². The van der Waals surface area contributed by atoms with Crippen LogP contribution in [0.4, 0.5) is 0 Å². The minimum Gasteiger partial charge on any atom is -0.465 e. The Hall–Kier alpha value is -2.41. The summed E-state index contributed by atoms with van der Waals surface area (Å²) in [6.45, 7) is 0. The fraction of sp³-hybridized carbons (Fsp3) is 0.154. The molecular formula is C13H11NO5S. The molecule has 104 valence electrons. The van der Waals surface area contributed by atoms with E-state index in [1.807, 2.05) is 0 Å². The average molecular weight is 293 g/mol. The van der Waals surface area contributed by atoms with E-state index in [0.29, 0.717) is 15.6 Å². The zero-order valence-electron chi connectivity index (χ0n) is 10.8. The van der Waals surface area contributed by atoms with Crippen LogP contribution in [-0.2, 0) is 9.47 Å². The Morgan fingerprint density at radius 1 is 1.20 bits per heavy atom. The summed E-state index contributed by atoms with van der Waals surface area (Å²) in [6.07, 6.45) is 4.77. The number of thiazole rings is 1. The molecule has 0 fully saturated rings. The van der Waals surface area contributed by atoms with Gasteiger partial charge in [-0.15, -0.1) is 11.3 Å². The van der Waals surface area contributed by atoms with Crippen LogP contribution >= 0.6 is 11.3 Å². The van der Waals surface area contributed by atoms with Gasteiger partial charge in [0.15, 0.2) is 0 Å². The quantitative estimate of drug-likeness (QED) is 0.806. The maximum Gasteiger partial charge on any atom is 0.373 e. The SMILES string of the molecule is COC(=O)c1ccc(/C=C/c2ncc(C(=O)OC)s2)o1. The fourth-order valence-electron chi connectivity index (χ4n) is 1.37. The highest BCUT2D eigenvalue weighted by Crippen LogP contribution is 2.18. The lowest BCUT2D eigenvalue weighted by molar-refractivity contribution is 0.0563. The van der Waals surface area contributed by atoms with Gasteiger partial charge in [0, 0.05) is 0 Å². The molecule has 0 aliphatic heterocycles. The first-order valence-electron chi connectivity index (χ1n) is 5.54. The lowest BCUT2D eigenvalue weighted by Gasteiger charge is -1.91. The first kappa shape index (κ1) is 14.0. The Balaban J connectivity index is 2.09. The number of aromatic nitrogens is 1. The third kappa shape index (κ3) is 3.12. The zero-order chi connectivity index (χ0) is 14.5. The molecule has 2 rings (SSSR count). The average Bonchev–Trinajstić information content (AvgIpc) is 3.12. The molecule has 0 radical (unpaired) electrons. The van der Waals surface area contributed by atoms with E-state index >= 15 is 0 Å². The fourth-order valence-corrected chi connectivity index (χ4v) is 2.10. The number of furan rings is 1. The van der Waals surface area contributed by atoms with E-state index in [0.717, 1.165) is 0 Å². The lowest BCUT2D eigenvalue weighted by atomic mass is 10.4. The van der Waals surface area contributed by atoms with E-state index in [1.54, 1.807) is 18.2 Å². The van der Waals surface area contributed by atoms with Crippen LogP contribution in [0.5, 0.6) is 0 Å². The van der Waals surface area contributed by atoms with Crippen molar-refractivity contribution in [3.05, 3.63) is 39.7 Å². The van der Waals surface area contributed by atoms with Gasteiger partial charge in [-0.1, -0.05) is 0 Å². The second-order valence-electron chi connectivity index (χ2n) is 3.58. The first-order valence-corrected chi connectivity index (χ1v) is 6.36. The van der Waals surface area contributed by atoms with E-state index in [2.05, 4.69) is 14.5 Å². The molecule has 0 bridgehead atoms. The first-order chi connectivity index (χ1) is 9.63. The molecule has 0 amide bonds. The van der Waals surface area contributed by atoms with Crippen molar-refractivity contribution in [1.82, 2.24) is 4.98 Å². The smallest absolute Gasteiger partial charge is 0.373 e. The molecule has 2 heterocycles. The summed E-state index contributed by atoms with van der Waals surface area (Å²) in [5, 5.41) is 0.626. The molecule has 7 heteroatoms. The molecule has 0 saturated heterocycles. The van der Waals surface area contributed by atoms with Crippen LogP contribution in [0.3, 0.4) is 0 Å². The number of ether oxygens (including phenoxy) is 2. The maximum absolute atomic E-state index is 11.3. The highest BCUT2D eigenvalue weighted by molar-refractivity contribution is 7.14. The molecule has 2 aromatic rings. The Bertz CT molecular complexity index is 599. The van der Waals surface area contributed by atoms with Gasteiger partial charge in [0.05, 0.1) is 20.4 Å². The standard InChI is InChI=1S/C13H11NO5S/c1-17-12(15)9-5-3-8(19-9)4-6-11-14-7-10(20-11)13(16)18-2/h3-7H,1-2H3/b6-4+. The van der Waals surface area contributed by atoms with Crippen molar-refractivity contribution in [2.45, 2.75) is 0 Å². The molecule has 0 atom stereocenters. The lowest BCUT2D eigenvalue weighted by Crippen LogP contribution is -1.98.